The first-order chi connectivity index (χ1) is 9.82. The lowest BCUT2D eigenvalue weighted by Gasteiger charge is -2.42. The van der Waals surface area contributed by atoms with Crippen LogP contribution in [0, 0.1) is 0 Å². The van der Waals surface area contributed by atoms with Crippen molar-refractivity contribution in [1.29, 1.82) is 0 Å². The van der Waals surface area contributed by atoms with Gasteiger partial charge in [-0.15, -0.1) is 0 Å². The lowest BCUT2D eigenvalue weighted by atomic mass is 10.0. The maximum atomic E-state index is 12.3. The van der Waals surface area contributed by atoms with Gasteiger partial charge in [-0.2, -0.15) is 0 Å². The van der Waals surface area contributed by atoms with Crippen LogP contribution in [0.3, 0.4) is 0 Å². The van der Waals surface area contributed by atoms with Crippen molar-refractivity contribution in [3.05, 3.63) is 24.3 Å². The molecule has 0 bridgehead atoms. The molecule has 0 aliphatic carbocycles. The van der Waals surface area contributed by atoms with Crippen LogP contribution in [0.4, 0.5) is 5.69 Å². The Hall–Kier alpha value is -0.880. The summed E-state index contributed by atoms with van der Waals surface area (Å²) in [7, 11) is -3.95. The van der Waals surface area contributed by atoms with E-state index in [0.717, 1.165) is 31.6 Å². The molecule has 1 unspecified atom stereocenters. The van der Waals surface area contributed by atoms with Crippen molar-refractivity contribution in [2.75, 3.05) is 30.0 Å². The molecule has 1 heterocycles. The first-order valence-corrected chi connectivity index (χ1v) is 10.5. The highest BCUT2D eigenvalue weighted by Crippen LogP contribution is 2.31. The molecule has 1 aromatic rings. The van der Waals surface area contributed by atoms with Crippen molar-refractivity contribution in [2.24, 2.45) is 0 Å². The van der Waals surface area contributed by atoms with Crippen LogP contribution in [0.1, 0.15) is 26.7 Å². The molecule has 1 aromatic carbocycles. The van der Waals surface area contributed by atoms with E-state index in [1.54, 1.807) is 12.1 Å². The number of nitrogens with zero attached hydrogens (tertiary/aromatic N) is 1. The van der Waals surface area contributed by atoms with Crippen LogP contribution in [0.25, 0.3) is 0 Å². The number of hydrogen-bond donors (Lipinski definition) is 0. The van der Waals surface area contributed by atoms with E-state index in [-0.39, 0.29) is 4.75 Å². The molecular weight excluding hydrogens is 306 g/mol. The summed E-state index contributed by atoms with van der Waals surface area (Å²) < 4.78 is 35.2. The predicted molar refractivity (Wildman–Crippen MR) is 88.1 cm³/mol. The van der Waals surface area contributed by atoms with Crippen LogP contribution in [0.2, 0.25) is 0 Å². The molecule has 1 fully saturated rings. The normalized spacial score (nSPS) is 22.2. The molecule has 0 spiro atoms. The second-order valence-corrected chi connectivity index (χ2v) is 9.61. The second-order valence-electron chi connectivity index (χ2n) is 5.63. The quantitative estimate of drug-likeness (QED) is 0.850. The standard InChI is InChI=1S/C15H23NO3S2/c1-4-15(5-2)12-16(10-11-20(15)17)13-6-8-14(9-7-13)21(3,18)19/h6-9H,4-5,10-12H2,1-3H3. The summed E-state index contributed by atoms with van der Waals surface area (Å²) in [4.78, 5) is 2.56. The first-order valence-electron chi connectivity index (χ1n) is 7.26. The highest BCUT2D eigenvalue weighted by molar-refractivity contribution is 7.90. The average molecular weight is 329 g/mol. The fourth-order valence-corrected chi connectivity index (χ4v) is 5.22. The summed E-state index contributed by atoms with van der Waals surface area (Å²) in [5.41, 5.74) is 1.00. The summed E-state index contributed by atoms with van der Waals surface area (Å²) in [6.45, 7) is 5.72. The molecule has 0 radical (unpaired) electrons. The SMILES string of the molecule is CCC1(CC)CN(c2ccc(S(C)(=O)=O)cc2)CCS1=O. The molecule has 0 saturated carbocycles. The largest absolute Gasteiger partial charge is 0.369 e. The Kier molecular flexibility index (Phi) is 4.78. The summed E-state index contributed by atoms with van der Waals surface area (Å²) in [6.07, 6.45) is 3.01. The number of benzene rings is 1. The molecule has 0 amide bonds. The third kappa shape index (κ3) is 3.31. The summed E-state index contributed by atoms with van der Waals surface area (Å²) in [5, 5.41) is 0. The van der Waals surface area contributed by atoms with Crippen LogP contribution in [-0.2, 0) is 20.6 Å². The molecule has 2 rings (SSSR count). The minimum atomic E-state index is -3.16. The third-order valence-corrected chi connectivity index (χ3v) is 7.78. The van der Waals surface area contributed by atoms with Crippen molar-refractivity contribution < 1.29 is 12.6 Å². The van der Waals surface area contributed by atoms with Crippen LogP contribution in [0.5, 0.6) is 0 Å². The van der Waals surface area contributed by atoms with E-state index in [1.165, 1.54) is 6.26 Å². The Morgan fingerprint density at radius 3 is 2.24 bits per heavy atom. The molecule has 4 nitrogen and oxygen atoms in total. The molecule has 1 aliphatic heterocycles. The molecule has 21 heavy (non-hydrogen) atoms. The van der Waals surface area contributed by atoms with E-state index in [4.69, 9.17) is 0 Å². The lowest BCUT2D eigenvalue weighted by molar-refractivity contribution is 0.496. The van der Waals surface area contributed by atoms with Gasteiger partial charge in [0.25, 0.3) is 0 Å². The van der Waals surface area contributed by atoms with Gasteiger partial charge in [0, 0.05) is 41.6 Å². The topological polar surface area (TPSA) is 54.5 Å². The van der Waals surface area contributed by atoms with E-state index in [1.807, 2.05) is 12.1 Å². The van der Waals surface area contributed by atoms with Crippen molar-refractivity contribution in [3.8, 4) is 0 Å². The maximum Gasteiger partial charge on any atom is 0.175 e. The second kappa shape index (κ2) is 6.08. The summed E-state index contributed by atoms with van der Waals surface area (Å²) in [5.74, 6) is 0.676. The van der Waals surface area contributed by atoms with Gasteiger partial charge < -0.3 is 4.90 Å². The zero-order chi connectivity index (χ0) is 15.7. The van der Waals surface area contributed by atoms with E-state index >= 15 is 0 Å². The molecule has 118 valence electrons. The van der Waals surface area contributed by atoms with Crippen molar-refractivity contribution in [3.63, 3.8) is 0 Å². The monoisotopic (exact) mass is 329 g/mol. The zero-order valence-electron chi connectivity index (χ0n) is 12.8. The molecule has 1 atom stereocenters. The van der Waals surface area contributed by atoms with Gasteiger partial charge >= 0.3 is 0 Å². The van der Waals surface area contributed by atoms with E-state index in [9.17, 15) is 12.6 Å². The Labute approximate surface area is 129 Å². The van der Waals surface area contributed by atoms with E-state index < -0.39 is 20.6 Å². The number of rotatable bonds is 4. The van der Waals surface area contributed by atoms with Gasteiger partial charge in [-0.05, 0) is 37.1 Å². The fourth-order valence-electron chi connectivity index (χ4n) is 2.83. The molecule has 0 N–H and O–H groups in total. The zero-order valence-corrected chi connectivity index (χ0v) is 14.5. The number of anilines is 1. The van der Waals surface area contributed by atoms with Crippen LogP contribution >= 0.6 is 0 Å². The van der Waals surface area contributed by atoms with Gasteiger partial charge in [0.15, 0.2) is 9.84 Å². The average Bonchev–Trinajstić information content (AvgIpc) is 2.47. The Morgan fingerprint density at radius 1 is 1.19 bits per heavy atom. The smallest absolute Gasteiger partial charge is 0.175 e. The van der Waals surface area contributed by atoms with Crippen LogP contribution in [-0.4, -0.2) is 42.5 Å². The minimum absolute atomic E-state index is 0.145. The molecule has 1 saturated heterocycles. The molecule has 6 heteroatoms. The number of hydrogen-bond acceptors (Lipinski definition) is 4. The van der Waals surface area contributed by atoms with E-state index in [2.05, 4.69) is 18.7 Å². The summed E-state index contributed by atoms with van der Waals surface area (Å²) >= 11 is 0. The summed E-state index contributed by atoms with van der Waals surface area (Å²) in [6, 6.07) is 6.99. The van der Waals surface area contributed by atoms with Crippen LogP contribution in [0.15, 0.2) is 29.2 Å². The van der Waals surface area contributed by atoms with Gasteiger partial charge in [-0.25, -0.2) is 8.42 Å². The third-order valence-electron chi connectivity index (χ3n) is 4.43. The minimum Gasteiger partial charge on any atom is -0.369 e. The molecule has 1 aliphatic rings. The van der Waals surface area contributed by atoms with Gasteiger partial charge in [0.1, 0.15) is 0 Å². The fraction of sp³-hybridized carbons (Fsp3) is 0.600. The Balaban J connectivity index is 2.25. The highest BCUT2D eigenvalue weighted by atomic mass is 32.2. The van der Waals surface area contributed by atoms with Gasteiger partial charge in [0.2, 0.25) is 0 Å². The highest BCUT2D eigenvalue weighted by Gasteiger charge is 2.38. The van der Waals surface area contributed by atoms with Crippen molar-refractivity contribution in [1.82, 2.24) is 0 Å². The van der Waals surface area contributed by atoms with Crippen molar-refractivity contribution >= 4 is 26.3 Å². The van der Waals surface area contributed by atoms with Crippen LogP contribution < -0.4 is 4.90 Å². The van der Waals surface area contributed by atoms with Crippen molar-refractivity contribution in [2.45, 2.75) is 36.3 Å². The molecular formula is C15H23NO3S2. The lowest BCUT2D eigenvalue weighted by Crippen LogP contribution is -2.53. The predicted octanol–water partition coefficient (Wildman–Crippen LogP) is 2.22. The first kappa shape index (κ1) is 16.5. The van der Waals surface area contributed by atoms with Gasteiger partial charge in [-0.1, -0.05) is 13.8 Å². The maximum absolute atomic E-state index is 12.3. The number of sulfone groups is 1. The van der Waals surface area contributed by atoms with E-state index in [0.29, 0.717) is 10.6 Å². The molecule has 0 aromatic heterocycles. The Bertz CT molecular complexity index is 619. The van der Waals surface area contributed by atoms with Gasteiger partial charge in [0.05, 0.1) is 9.64 Å². The van der Waals surface area contributed by atoms with Gasteiger partial charge in [-0.3, -0.25) is 4.21 Å². The Morgan fingerprint density at radius 2 is 1.76 bits per heavy atom.